The summed E-state index contributed by atoms with van der Waals surface area (Å²) in [5, 5.41) is 0. The zero-order valence-corrected chi connectivity index (χ0v) is 7.21. The average molecular weight is 163 g/mol. The molecule has 0 aromatic heterocycles. The molecule has 0 aliphatic carbocycles. The monoisotopic (exact) mass is 163 g/mol. The maximum absolute atomic E-state index is 5.84. The molecule has 0 spiro atoms. The van der Waals surface area contributed by atoms with E-state index in [2.05, 4.69) is 19.1 Å². The first-order chi connectivity index (χ1) is 5.81. The summed E-state index contributed by atoms with van der Waals surface area (Å²) in [5.41, 5.74) is 8.33. The van der Waals surface area contributed by atoms with Gasteiger partial charge >= 0.3 is 0 Å². The highest BCUT2D eigenvalue weighted by molar-refractivity contribution is 5.42. The minimum absolute atomic E-state index is 0.0755. The minimum Gasteiger partial charge on any atom is -0.491 e. The molecule has 1 atom stereocenters. The first kappa shape index (κ1) is 7.62. The number of benzene rings is 1. The van der Waals surface area contributed by atoms with Crippen molar-refractivity contribution in [3.63, 3.8) is 0 Å². The van der Waals surface area contributed by atoms with Crippen LogP contribution in [0.1, 0.15) is 24.1 Å². The van der Waals surface area contributed by atoms with Gasteiger partial charge in [0.25, 0.3) is 0 Å². The second-order valence-electron chi connectivity index (χ2n) is 3.14. The molecular formula is C10H13NO. The van der Waals surface area contributed by atoms with Crippen LogP contribution in [0.5, 0.6) is 5.75 Å². The number of aryl methyl sites for hydroxylation is 1. The number of hydrogen-bond donors (Lipinski definition) is 1. The largest absolute Gasteiger partial charge is 0.491 e. The highest BCUT2D eigenvalue weighted by atomic mass is 16.5. The summed E-state index contributed by atoms with van der Waals surface area (Å²) in [7, 11) is 0. The molecule has 1 heterocycles. The highest BCUT2D eigenvalue weighted by Gasteiger charge is 2.19. The summed E-state index contributed by atoms with van der Waals surface area (Å²) >= 11 is 0. The first-order valence-electron chi connectivity index (χ1n) is 4.32. The Morgan fingerprint density at radius 1 is 1.58 bits per heavy atom. The molecule has 1 aliphatic rings. The van der Waals surface area contributed by atoms with Crippen molar-refractivity contribution in [2.24, 2.45) is 5.73 Å². The minimum atomic E-state index is 0.0755. The smallest absolute Gasteiger partial charge is 0.124 e. The van der Waals surface area contributed by atoms with E-state index in [0.717, 1.165) is 17.7 Å². The lowest BCUT2D eigenvalue weighted by Gasteiger charge is -2.02. The summed E-state index contributed by atoms with van der Waals surface area (Å²) in [6, 6.07) is 6.33. The predicted octanol–water partition coefficient (Wildman–Crippen LogP) is 1.64. The van der Waals surface area contributed by atoms with E-state index in [4.69, 9.17) is 10.5 Å². The fraction of sp³-hybridized carbons (Fsp3) is 0.400. The van der Waals surface area contributed by atoms with E-state index < -0.39 is 0 Å². The Balaban J connectivity index is 2.43. The van der Waals surface area contributed by atoms with Gasteiger partial charge in [0.1, 0.15) is 12.4 Å². The van der Waals surface area contributed by atoms with Crippen LogP contribution in [0.15, 0.2) is 18.2 Å². The molecule has 0 unspecified atom stereocenters. The van der Waals surface area contributed by atoms with Gasteiger partial charge in [-0.3, -0.25) is 0 Å². The van der Waals surface area contributed by atoms with Crippen molar-refractivity contribution in [1.82, 2.24) is 0 Å². The summed E-state index contributed by atoms with van der Waals surface area (Å²) < 4.78 is 5.39. The number of ether oxygens (including phenoxy) is 1. The van der Waals surface area contributed by atoms with Crippen molar-refractivity contribution >= 4 is 0 Å². The van der Waals surface area contributed by atoms with Crippen LogP contribution in [-0.2, 0) is 6.42 Å². The molecule has 12 heavy (non-hydrogen) atoms. The molecule has 1 aliphatic heterocycles. The molecule has 0 saturated carbocycles. The zero-order valence-electron chi connectivity index (χ0n) is 7.21. The van der Waals surface area contributed by atoms with Crippen LogP contribution in [0.2, 0.25) is 0 Å². The van der Waals surface area contributed by atoms with E-state index in [0.29, 0.717) is 6.61 Å². The van der Waals surface area contributed by atoms with Crippen LogP contribution >= 0.6 is 0 Å². The van der Waals surface area contributed by atoms with Crippen LogP contribution in [0.4, 0.5) is 0 Å². The summed E-state index contributed by atoms with van der Waals surface area (Å²) in [4.78, 5) is 0. The zero-order chi connectivity index (χ0) is 8.55. The van der Waals surface area contributed by atoms with Crippen LogP contribution in [0, 0.1) is 0 Å². The SMILES string of the molecule is CCc1ccc2c(c1)[C@H](N)CO2. The quantitative estimate of drug-likeness (QED) is 0.683. The normalized spacial score (nSPS) is 20.3. The Bertz CT molecular complexity index is 296. The molecule has 2 heteroatoms. The number of fused-ring (bicyclic) bond motifs is 1. The van der Waals surface area contributed by atoms with Gasteiger partial charge in [-0.2, -0.15) is 0 Å². The van der Waals surface area contributed by atoms with Gasteiger partial charge in [-0.05, 0) is 18.1 Å². The van der Waals surface area contributed by atoms with Gasteiger partial charge in [0.15, 0.2) is 0 Å². The maximum Gasteiger partial charge on any atom is 0.124 e. The van der Waals surface area contributed by atoms with Crippen molar-refractivity contribution < 1.29 is 4.74 Å². The standard InChI is InChI=1S/C10H13NO/c1-2-7-3-4-10-8(5-7)9(11)6-12-10/h3-5,9H,2,6,11H2,1H3/t9-/m1/s1. The third-order valence-corrected chi connectivity index (χ3v) is 2.30. The summed E-state index contributed by atoms with van der Waals surface area (Å²) in [6.07, 6.45) is 1.06. The van der Waals surface area contributed by atoms with Crippen LogP contribution in [0.25, 0.3) is 0 Å². The molecule has 1 aromatic rings. The lowest BCUT2D eigenvalue weighted by molar-refractivity contribution is 0.333. The fourth-order valence-electron chi connectivity index (χ4n) is 1.51. The Labute approximate surface area is 72.3 Å². The van der Waals surface area contributed by atoms with Crippen molar-refractivity contribution in [3.8, 4) is 5.75 Å². The van der Waals surface area contributed by atoms with Crippen LogP contribution in [0.3, 0.4) is 0 Å². The lowest BCUT2D eigenvalue weighted by atomic mass is 10.0. The van der Waals surface area contributed by atoms with Gasteiger partial charge < -0.3 is 10.5 Å². The van der Waals surface area contributed by atoms with Crippen molar-refractivity contribution in [1.29, 1.82) is 0 Å². The van der Waals surface area contributed by atoms with Gasteiger partial charge in [-0.25, -0.2) is 0 Å². The Morgan fingerprint density at radius 2 is 2.42 bits per heavy atom. The average Bonchev–Trinajstić information content (AvgIpc) is 2.47. The third-order valence-electron chi connectivity index (χ3n) is 2.30. The molecule has 64 valence electrons. The van der Waals surface area contributed by atoms with E-state index >= 15 is 0 Å². The molecular weight excluding hydrogens is 150 g/mol. The lowest BCUT2D eigenvalue weighted by Crippen LogP contribution is -2.10. The molecule has 0 amide bonds. The molecule has 0 radical (unpaired) electrons. The van der Waals surface area contributed by atoms with Crippen molar-refractivity contribution in [2.45, 2.75) is 19.4 Å². The van der Waals surface area contributed by atoms with Crippen LogP contribution in [-0.4, -0.2) is 6.61 Å². The van der Waals surface area contributed by atoms with Gasteiger partial charge in [-0.15, -0.1) is 0 Å². The maximum atomic E-state index is 5.84. The van der Waals surface area contributed by atoms with Gasteiger partial charge in [0, 0.05) is 5.56 Å². The second kappa shape index (κ2) is 2.79. The second-order valence-corrected chi connectivity index (χ2v) is 3.14. The topological polar surface area (TPSA) is 35.2 Å². The molecule has 2 rings (SSSR count). The predicted molar refractivity (Wildman–Crippen MR) is 48.2 cm³/mol. The molecule has 1 aromatic carbocycles. The number of nitrogens with two attached hydrogens (primary N) is 1. The molecule has 2 nitrogen and oxygen atoms in total. The number of hydrogen-bond acceptors (Lipinski definition) is 2. The Kier molecular flexibility index (Phi) is 1.77. The molecule has 0 bridgehead atoms. The summed E-state index contributed by atoms with van der Waals surface area (Å²) in [6.45, 7) is 2.77. The van der Waals surface area contributed by atoms with Gasteiger partial charge in [-0.1, -0.05) is 19.1 Å². The Hall–Kier alpha value is -1.02. The fourth-order valence-corrected chi connectivity index (χ4v) is 1.51. The van der Waals surface area contributed by atoms with E-state index in [1.54, 1.807) is 0 Å². The molecule has 0 fully saturated rings. The van der Waals surface area contributed by atoms with Gasteiger partial charge in [0.05, 0.1) is 6.04 Å². The van der Waals surface area contributed by atoms with Crippen molar-refractivity contribution in [3.05, 3.63) is 29.3 Å². The van der Waals surface area contributed by atoms with E-state index in [1.807, 2.05) is 6.07 Å². The van der Waals surface area contributed by atoms with E-state index in [-0.39, 0.29) is 6.04 Å². The van der Waals surface area contributed by atoms with E-state index in [9.17, 15) is 0 Å². The van der Waals surface area contributed by atoms with Crippen LogP contribution < -0.4 is 10.5 Å². The first-order valence-corrected chi connectivity index (χ1v) is 4.32. The molecule has 2 N–H and O–H groups in total. The van der Waals surface area contributed by atoms with Gasteiger partial charge in [0.2, 0.25) is 0 Å². The highest BCUT2D eigenvalue weighted by Crippen LogP contribution is 2.31. The summed E-state index contributed by atoms with van der Waals surface area (Å²) in [5.74, 6) is 0.958. The van der Waals surface area contributed by atoms with Crippen molar-refractivity contribution in [2.75, 3.05) is 6.61 Å². The molecule has 0 saturated heterocycles. The van der Waals surface area contributed by atoms with E-state index in [1.165, 1.54) is 5.56 Å². The Morgan fingerprint density at radius 3 is 3.17 bits per heavy atom. The third kappa shape index (κ3) is 1.08. The number of rotatable bonds is 1.